The summed E-state index contributed by atoms with van der Waals surface area (Å²) in [5.74, 6) is 0. The maximum Gasteiger partial charge on any atom is 0.265 e. The second-order valence-electron chi connectivity index (χ2n) is 5.02. The first-order valence-corrected chi connectivity index (χ1v) is 6.03. The molecule has 0 amide bonds. The maximum atomic E-state index is 12.1. The van der Waals surface area contributed by atoms with Crippen LogP contribution in [0, 0.1) is 0 Å². The molecule has 2 rings (SSSR count). The highest BCUT2D eigenvalue weighted by Crippen LogP contribution is 2.33. The van der Waals surface area contributed by atoms with Gasteiger partial charge < -0.3 is 10.4 Å². The van der Waals surface area contributed by atoms with Crippen LogP contribution in [-0.4, -0.2) is 53.8 Å². The van der Waals surface area contributed by atoms with Gasteiger partial charge in [0.2, 0.25) is 0 Å². The fourth-order valence-corrected chi connectivity index (χ4v) is 2.50. The van der Waals surface area contributed by atoms with Crippen LogP contribution in [0.25, 0.3) is 0 Å². The van der Waals surface area contributed by atoms with Gasteiger partial charge in [0.1, 0.15) is 6.10 Å². The van der Waals surface area contributed by atoms with E-state index in [1.54, 1.807) is 0 Å². The molecule has 2 aliphatic rings. The van der Waals surface area contributed by atoms with E-state index < -0.39 is 12.5 Å². The van der Waals surface area contributed by atoms with Crippen molar-refractivity contribution in [3.8, 4) is 0 Å². The van der Waals surface area contributed by atoms with Crippen molar-refractivity contribution in [2.24, 2.45) is 0 Å². The van der Waals surface area contributed by atoms with Gasteiger partial charge in [-0.25, -0.2) is 8.78 Å². The molecule has 0 aromatic heterocycles. The highest BCUT2D eigenvalue weighted by molar-refractivity contribution is 4.96. The molecule has 3 atom stereocenters. The van der Waals surface area contributed by atoms with Gasteiger partial charge in [0.25, 0.3) is 6.43 Å². The second-order valence-corrected chi connectivity index (χ2v) is 5.02. The summed E-state index contributed by atoms with van der Waals surface area (Å²) < 4.78 is 24.2. The standard InChI is InChI=1S/C11H20F2N2O/c1-7-4-8(6-15(7)9-2-3-9)14-5-10(16)11(12)13/h7-11,14,16H,2-6H2,1H3. The Hall–Kier alpha value is -0.260. The van der Waals surface area contributed by atoms with Crippen molar-refractivity contribution in [2.75, 3.05) is 13.1 Å². The quantitative estimate of drug-likeness (QED) is 0.739. The van der Waals surface area contributed by atoms with Gasteiger partial charge in [-0.15, -0.1) is 0 Å². The maximum absolute atomic E-state index is 12.1. The average molecular weight is 234 g/mol. The van der Waals surface area contributed by atoms with Crippen LogP contribution >= 0.6 is 0 Å². The fraction of sp³-hybridized carbons (Fsp3) is 1.00. The minimum absolute atomic E-state index is 0.00639. The molecule has 2 fully saturated rings. The largest absolute Gasteiger partial charge is 0.386 e. The second kappa shape index (κ2) is 4.94. The normalized spacial score (nSPS) is 33.6. The minimum Gasteiger partial charge on any atom is -0.386 e. The van der Waals surface area contributed by atoms with Crippen molar-refractivity contribution in [3.63, 3.8) is 0 Å². The number of hydrogen-bond acceptors (Lipinski definition) is 3. The molecule has 1 aliphatic heterocycles. The number of hydrogen-bond donors (Lipinski definition) is 2. The summed E-state index contributed by atoms with van der Waals surface area (Å²) in [5, 5.41) is 12.0. The van der Waals surface area contributed by atoms with Crippen LogP contribution in [0.5, 0.6) is 0 Å². The molecule has 0 radical (unpaired) electrons. The van der Waals surface area contributed by atoms with Crippen molar-refractivity contribution in [2.45, 2.75) is 56.8 Å². The molecule has 2 N–H and O–H groups in total. The molecular formula is C11H20F2N2O. The molecule has 5 heteroatoms. The zero-order chi connectivity index (χ0) is 11.7. The molecule has 0 spiro atoms. The lowest BCUT2D eigenvalue weighted by atomic mass is 10.2. The third kappa shape index (κ3) is 2.90. The van der Waals surface area contributed by atoms with Crippen LogP contribution in [0.4, 0.5) is 8.78 Å². The van der Waals surface area contributed by atoms with E-state index in [1.807, 2.05) is 0 Å². The summed E-state index contributed by atoms with van der Waals surface area (Å²) >= 11 is 0. The van der Waals surface area contributed by atoms with Crippen LogP contribution in [0.3, 0.4) is 0 Å². The van der Waals surface area contributed by atoms with E-state index in [4.69, 9.17) is 5.11 Å². The molecule has 1 saturated carbocycles. The van der Waals surface area contributed by atoms with Gasteiger partial charge in [0.05, 0.1) is 0 Å². The van der Waals surface area contributed by atoms with Crippen LogP contribution in [-0.2, 0) is 0 Å². The Bertz CT molecular complexity index is 236. The van der Waals surface area contributed by atoms with Gasteiger partial charge in [0.15, 0.2) is 0 Å². The van der Waals surface area contributed by atoms with Crippen LogP contribution in [0.15, 0.2) is 0 Å². The number of nitrogens with zero attached hydrogens (tertiary/aromatic N) is 1. The molecule has 3 nitrogen and oxygen atoms in total. The smallest absolute Gasteiger partial charge is 0.265 e. The van der Waals surface area contributed by atoms with Gasteiger partial charge in [-0.05, 0) is 26.2 Å². The van der Waals surface area contributed by atoms with Crippen LogP contribution in [0.2, 0.25) is 0 Å². The van der Waals surface area contributed by atoms with E-state index in [2.05, 4.69) is 17.1 Å². The van der Waals surface area contributed by atoms with Gasteiger partial charge in [-0.2, -0.15) is 0 Å². The lowest BCUT2D eigenvalue weighted by Crippen LogP contribution is -2.40. The third-order valence-electron chi connectivity index (χ3n) is 3.55. The van der Waals surface area contributed by atoms with Gasteiger partial charge in [0, 0.05) is 31.2 Å². The summed E-state index contributed by atoms with van der Waals surface area (Å²) in [7, 11) is 0. The number of rotatable bonds is 5. The topological polar surface area (TPSA) is 35.5 Å². The monoisotopic (exact) mass is 234 g/mol. The Balaban J connectivity index is 1.71. The lowest BCUT2D eigenvalue weighted by molar-refractivity contribution is -0.00447. The van der Waals surface area contributed by atoms with Gasteiger partial charge in [-0.1, -0.05) is 0 Å². The van der Waals surface area contributed by atoms with E-state index in [-0.39, 0.29) is 12.6 Å². The summed E-state index contributed by atoms with van der Waals surface area (Å²) in [5.41, 5.74) is 0. The first-order valence-electron chi connectivity index (χ1n) is 6.03. The van der Waals surface area contributed by atoms with Crippen LogP contribution < -0.4 is 5.32 Å². The van der Waals surface area contributed by atoms with E-state index in [1.165, 1.54) is 12.8 Å². The van der Waals surface area contributed by atoms with E-state index in [0.717, 1.165) is 19.0 Å². The molecular weight excluding hydrogens is 214 g/mol. The predicted molar refractivity (Wildman–Crippen MR) is 57.6 cm³/mol. The number of alkyl halides is 2. The van der Waals surface area contributed by atoms with Crippen molar-refractivity contribution < 1.29 is 13.9 Å². The highest BCUT2D eigenvalue weighted by Gasteiger charge is 2.38. The van der Waals surface area contributed by atoms with Gasteiger partial charge >= 0.3 is 0 Å². The zero-order valence-electron chi connectivity index (χ0n) is 9.57. The first-order chi connectivity index (χ1) is 7.58. The van der Waals surface area contributed by atoms with Crippen molar-refractivity contribution in [1.29, 1.82) is 0 Å². The van der Waals surface area contributed by atoms with E-state index in [9.17, 15) is 8.78 Å². The van der Waals surface area contributed by atoms with E-state index >= 15 is 0 Å². The molecule has 1 heterocycles. The fourth-order valence-electron chi connectivity index (χ4n) is 2.50. The predicted octanol–water partition coefficient (Wildman–Crippen LogP) is 0.827. The molecule has 1 aliphatic carbocycles. The zero-order valence-corrected chi connectivity index (χ0v) is 9.57. The van der Waals surface area contributed by atoms with Crippen molar-refractivity contribution in [1.82, 2.24) is 10.2 Å². The first kappa shape index (κ1) is 12.2. The minimum atomic E-state index is -2.65. The SMILES string of the molecule is CC1CC(NCC(O)C(F)F)CN1C1CC1. The molecule has 0 bridgehead atoms. The number of aliphatic hydroxyl groups excluding tert-OH is 1. The number of likely N-dealkylation sites (tertiary alicyclic amines) is 1. The molecule has 94 valence electrons. The summed E-state index contributed by atoms with van der Waals surface area (Å²) in [4.78, 5) is 2.45. The Kier molecular flexibility index (Phi) is 3.77. The van der Waals surface area contributed by atoms with Crippen molar-refractivity contribution in [3.05, 3.63) is 0 Å². The summed E-state index contributed by atoms with van der Waals surface area (Å²) in [6.45, 7) is 3.11. The van der Waals surface area contributed by atoms with Gasteiger partial charge in [-0.3, -0.25) is 4.90 Å². The Morgan fingerprint density at radius 1 is 1.44 bits per heavy atom. The van der Waals surface area contributed by atoms with Crippen molar-refractivity contribution >= 4 is 0 Å². The Morgan fingerprint density at radius 3 is 2.69 bits per heavy atom. The average Bonchev–Trinajstić information content (AvgIpc) is 3.00. The molecule has 0 aromatic rings. The molecule has 1 saturated heterocycles. The molecule has 16 heavy (non-hydrogen) atoms. The summed E-state index contributed by atoms with van der Waals surface area (Å²) in [6.07, 6.45) is -0.643. The number of halogens is 2. The summed E-state index contributed by atoms with van der Waals surface area (Å²) in [6, 6.07) is 1.51. The Labute approximate surface area is 94.8 Å². The van der Waals surface area contributed by atoms with E-state index in [0.29, 0.717) is 6.04 Å². The van der Waals surface area contributed by atoms with Crippen LogP contribution in [0.1, 0.15) is 26.2 Å². The lowest BCUT2D eigenvalue weighted by Gasteiger charge is -2.20. The number of nitrogens with one attached hydrogen (secondary N) is 1. The third-order valence-corrected chi connectivity index (χ3v) is 3.55. The highest BCUT2D eigenvalue weighted by atomic mass is 19.3. The molecule has 3 unspecified atom stereocenters. The Morgan fingerprint density at radius 2 is 2.12 bits per heavy atom. The number of aliphatic hydroxyl groups is 1. The molecule has 0 aromatic carbocycles.